The highest BCUT2D eigenvalue weighted by molar-refractivity contribution is 7.87. The standard InChI is InChI=1S/C4H12NO2S2/c1-3(6)5(8,9)4(2)7/h3-4,6-9H,1-2H3/q+1. The summed E-state index contributed by atoms with van der Waals surface area (Å²) < 4.78 is -0.389. The van der Waals surface area contributed by atoms with Crippen molar-refractivity contribution in [3.63, 3.8) is 0 Å². The Kier molecular flexibility index (Phi) is 3.32. The molecule has 0 saturated heterocycles. The molecule has 5 heteroatoms. The predicted octanol–water partition coefficient (Wildman–Crippen LogP) is 0.169. The molecule has 0 amide bonds. The first kappa shape index (κ1) is 9.58. The first-order chi connectivity index (χ1) is 3.89. The van der Waals surface area contributed by atoms with Gasteiger partial charge in [-0.25, -0.2) is 0 Å². The lowest BCUT2D eigenvalue weighted by Gasteiger charge is -2.29. The number of aliphatic hydroxyl groups is 2. The molecule has 0 aliphatic rings. The third-order valence-electron chi connectivity index (χ3n) is 1.10. The molecular weight excluding hydrogens is 158 g/mol. The van der Waals surface area contributed by atoms with Gasteiger partial charge in [0, 0.05) is 13.8 Å². The molecule has 0 aromatic carbocycles. The van der Waals surface area contributed by atoms with Gasteiger partial charge in [-0.15, -0.1) is 0 Å². The van der Waals surface area contributed by atoms with E-state index in [0.717, 1.165) is 0 Å². The van der Waals surface area contributed by atoms with Gasteiger partial charge >= 0.3 is 0 Å². The van der Waals surface area contributed by atoms with Gasteiger partial charge in [0.1, 0.15) is 0 Å². The number of hydrogen-bond donors (Lipinski definition) is 4. The van der Waals surface area contributed by atoms with E-state index in [9.17, 15) is 0 Å². The fourth-order valence-corrected chi connectivity index (χ4v) is 0.312. The Morgan fingerprint density at radius 3 is 1.33 bits per heavy atom. The molecule has 2 atom stereocenters. The second-order valence-corrected chi connectivity index (χ2v) is 3.60. The van der Waals surface area contributed by atoms with Crippen molar-refractivity contribution >= 4 is 25.6 Å². The minimum atomic E-state index is -0.795. The van der Waals surface area contributed by atoms with E-state index in [0.29, 0.717) is 0 Å². The Bertz CT molecular complexity index is 84.6. The summed E-state index contributed by atoms with van der Waals surface area (Å²) in [5.74, 6) is 0. The molecule has 0 saturated carbocycles. The summed E-state index contributed by atoms with van der Waals surface area (Å²) in [6.07, 6.45) is -1.59. The maximum absolute atomic E-state index is 8.91. The first-order valence-corrected chi connectivity index (χ1v) is 3.39. The predicted molar refractivity (Wildman–Crippen MR) is 41.6 cm³/mol. The van der Waals surface area contributed by atoms with Crippen molar-refractivity contribution in [2.24, 2.45) is 0 Å². The maximum atomic E-state index is 8.91. The van der Waals surface area contributed by atoms with Gasteiger partial charge in [-0.3, -0.25) is 0 Å². The number of thiol groups is 2. The van der Waals surface area contributed by atoms with Gasteiger partial charge in [0.2, 0.25) is 12.5 Å². The van der Waals surface area contributed by atoms with Crippen LogP contribution in [0.15, 0.2) is 0 Å². The lowest BCUT2D eigenvalue weighted by Crippen LogP contribution is -2.44. The first-order valence-electron chi connectivity index (χ1n) is 2.59. The summed E-state index contributed by atoms with van der Waals surface area (Å²) in [6, 6.07) is 0. The summed E-state index contributed by atoms with van der Waals surface area (Å²) in [4.78, 5) is 0. The Labute approximate surface area is 66.0 Å². The van der Waals surface area contributed by atoms with Crippen LogP contribution in [0.4, 0.5) is 0 Å². The van der Waals surface area contributed by atoms with Gasteiger partial charge in [0.25, 0.3) is 0 Å². The van der Waals surface area contributed by atoms with Gasteiger partial charge < -0.3 is 10.2 Å². The molecule has 0 fully saturated rings. The number of rotatable bonds is 2. The Hall–Kier alpha value is 0.580. The molecule has 0 bridgehead atoms. The largest absolute Gasteiger partial charge is 0.343 e. The van der Waals surface area contributed by atoms with Gasteiger partial charge in [-0.2, -0.15) is 3.29 Å². The van der Waals surface area contributed by atoms with E-state index in [1.165, 1.54) is 13.8 Å². The van der Waals surface area contributed by atoms with E-state index >= 15 is 0 Å². The fraction of sp³-hybridized carbons (Fsp3) is 1.00. The molecule has 2 unspecified atom stereocenters. The molecule has 56 valence electrons. The smallest absolute Gasteiger partial charge is 0.210 e. The van der Waals surface area contributed by atoms with E-state index in [-0.39, 0.29) is 3.29 Å². The second-order valence-electron chi connectivity index (χ2n) is 1.96. The van der Waals surface area contributed by atoms with Crippen molar-refractivity contribution in [1.82, 2.24) is 0 Å². The quantitative estimate of drug-likeness (QED) is 0.271. The van der Waals surface area contributed by atoms with Crippen LogP contribution < -0.4 is 0 Å². The third kappa shape index (κ3) is 2.35. The summed E-state index contributed by atoms with van der Waals surface area (Å²) >= 11 is 7.76. The lowest BCUT2D eigenvalue weighted by atomic mass is 10.5. The highest BCUT2D eigenvalue weighted by Gasteiger charge is 2.31. The zero-order valence-corrected chi connectivity index (χ0v) is 7.18. The monoisotopic (exact) mass is 170 g/mol. The van der Waals surface area contributed by atoms with E-state index in [1.807, 2.05) is 0 Å². The van der Waals surface area contributed by atoms with Gasteiger partial charge in [0.05, 0.1) is 25.6 Å². The Balaban J connectivity index is 4.01. The zero-order valence-electron chi connectivity index (χ0n) is 5.39. The Morgan fingerprint density at radius 1 is 1.11 bits per heavy atom. The summed E-state index contributed by atoms with van der Waals surface area (Å²) in [5.41, 5.74) is 0. The number of hydrogen-bond acceptors (Lipinski definition) is 4. The van der Waals surface area contributed by atoms with Crippen LogP contribution in [0, 0.1) is 0 Å². The third-order valence-corrected chi connectivity index (χ3v) is 2.44. The highest BCUT2D eigenvalue weighted by Crippen LogP contribution is 2.23. The minimum Gasteiger partial charge on any atom is -0.343 e. The van der Waals surface area contributed by atoms with Crippen molar-refractivity contribution < 1.29 is 13.5 Å². The molecule has 0 aromatic rings. The Morgan fingerprint density at radius 2 is 1.33 bits per heavy atom. The van der Waals surface area contributed by atoms with Crippen LogP contribution in [-0.4, -0.2) is 26.0 Å². The van der Waals surface area contributed by atoms with Gasteiger partial charge in [0.15, 0.2) is 0 Å². The van der Waals surface area contributed by atoms with Crippen LogP contribution in [-0.2, 0) is 0 Å². The number of quaternary nitrogens is 1. The molecule has 0 radical (unpaired) electrons. The maximum Gasteiger partial charge on any atom is 0.210 e. The van der Waals surface area contributed by atoms with Crippen LogP contribution in [0.2, 0.25) is 0 Å². The molecule has 0 heterocycles. The van der Waals surface area contributed by atoms with E-state index in [1.54, 1.807) is 0 Å². The molecule has 0 rings (SSSR count). The molecule has 2 N–H and O–H groups in total. The van der Waals surface area contributed by atoms with Crippen molar-refractivity contribution in [2.75, 3.05) is 0 Å². The summed E-state index contributed by atoms with van der Waals surface area (Å²) in [5, 5.41) is 17.8. The fourth-order valence-electron chi connectivity index (χ4n) is 0.312. The average Bonchev–Trinajstić information content (AvgIpc) is 1.65. The van der Waals surface area contributed by atoms with Crippen LogP contribution >= 0.6 is 25.6 Å². The lowest BCUT2D eigenvalue weighted by molar-refractivity contribution is -0.761. The molecule has 0 aliphatic carbocycles. The van der Waals surface area contributed by atoms with Crippen LogP contribution in [0.1, 0.15) is 13.8 Å². The average molecular weight is 170 g/mol. The van der Waals surface area contributed by atoms with Gasteiger partial charge in [-0.1, -0.05) is 0 Å². The molecule has 9 heavy (non-hydrogen) atoms. The molecular formula is C4H12NO2S2+. The molecule has 3 nitrogen and oxygen atoms in total. The van der Waals surface area contributed by atoms with Crippen molar-refractivity contribution in [1.29, 1.82) is 0 Å². The molecule has 0 aliphatic heterocycles. The summed E-state index contributed by atoms with van der Waals surface area (Å²) in [6.45, 7) is 3.01. The summed E-state index contributed by atoms with van der Waals surface area (Å²) in [7, 11) is 0. The van der Waals surface area contributed by atoms with Crippen molar-refractivity contribution in [3.05, 3.63) is 0 Å². The van der Waals surface area contributed by atoms with Crippen molar-refractivity contribution in [3.8, 4) is 0 Å². The van der Waals surface area contributed by atoms with E-state index < -0.39 is 12.5 Å². The van der Waals surface area contributed by atoms with E-state index in [2.05, 4.69) is 25.6 Å². The van der Waals surface area contributed by atoms with Crippen LogP contribution in [0.5, 0.6) is 0 Å². The van der Waals surface area contributed by atoms with E-state index in [4.69, 9.17) is 10.2 Å². The number of nitrogens with zero attached hydrogens (tertiary/aromatic N) is 1. The highest BCUT2D eigenvalue weighted by atomic mass is 32.2. The normalized spacial score (nSPS) is 19.3. The number of aliphatic hydroxyl groups excluding tert-OH is 2. The molecule has 0 spiro atoms. The molecule has 0 aromatic heterocycles. The van der Waals surface area contributed by atoms with Crippen LogP contribution in [0.25, 0.3) is 0 Å². The minimum absolute atomic E-state index is 0.389. The van der Waals surface area contributed by atoms with Crippen LogP contribution in [0.3, 0.4) is 0 Å². The zero-order chi connectivity index (χ0) is 7.65. The van der Waals surface area contributed by atoms with Crippen molar-refractivity contribution in [2.45, 2.75) is 26.3 Å². The second kappa shape index (κ2) is 3.12. The SMILES string of the molecule is CC(O)[N+](S)(S)C(C)O. The topological polar surface area (TPSA) is 40.5 Å². The van der Waals surface area contributed by atoms with Gasteiger partial charge in [-0.05, 0) is 0 Å².